The van der Waals surface area contributed by atoms with Crippen molar-refractivity contribution < 1.29 is 4.74 Å². The Morgan fingerprint density at radius 2 is 2.12 bits per heavy atom. The number of aryl methyl sites for hydroxylation is 1. The zero-order chi connectivity index (χ0) is 11.9. The van der Waals surface area contributed by atoms with Crippen molar-refractivity contribution in [1.29, 1.82) is 0 Å². The van der Waals surface area contributed by atoms with Gasteiger partial charge in [0, 0.05) is 9.26 Å². The maximum Gasteiger partial charge on any atom is 0.218 e. The Morgan fingerprint density at radius 1 is 1.44 bits per heavy atom. The van der Waals surface area contributed by atoms with Crippen molar-refractivity contribution in [3.8, 4) is 0 Å². The molecule has 1 aliphatic heterocycles. The summed E-state index contributed by atoms with van der Waals surface area (Å²) in [6.07, 6.45) is 0. The monoisotopic (exact) mass is 330 g/mol. The van der Waals surface area contributed by atoms with E-state index in [0.29, 0.717) is 6.61 Å². The molecule has 0 spiro atoms. The minimum absolute atomic E-state index is 0.130. The molecule has 1 heterocycles. The summed E-state index contributed by atoms with van der Waals surface area (Å²) < 4.78 is 6.68. The van der Waals surface area contributed by atoms with Crippen molar-refractivity contribution in [3.63, 3.8) is 0 Å². The van der Waals surface area contributed by atoms with Crippen molar-refractivity contribution in [2.24, 2.45) is 4.99 Å². The summed E-state index contributed by atoms with van der Waals surface area (Å²) in [4.78, 5) is 4.59. The zero-order valence-corrected chi connectivity index (χ0v) is 11.8. The van der Waals surface area contributed by atoms with Gasteiger partial charge in [-0.25, -0.2) is 4.99 Å². The van der Waals surface area contributed by atoms with E-state index in [1.807, 2.05) is 19.1 Å². The van der Waals surface area contributed by atoms with E-state index in [1.165, 1.54) is 0 Å². The molecule has 0 saturated carbocycles. The minimum atomic E-state index is -0.130. The second-order valence-corrected chi connectivity index (χ2v) is 5.76. The standard InChI is InChI=1S/C12H15IN2O/c1-7-4-5-8(14)10(13)9(7)11-15-12(2,3)6-16-11/h4-5H,6,14H2,1-3H3. The number of nitrogens with two attached hydrogens (primary N) is 1. The molecule has 0 radical (unpaired) electrons. The molecule has 4 heteroatoms. The van der Waals surface area contributed by atoms with Crippen LogP contribution in [0.2, 0.25) is 0 Å². The molecule has 1 aromatic carbocycles. The van der Waals surface area contributed by atoms with Crippen LogP contribution in [0.25, 0.3) is 0 Å². The van der Waals surface area contributed by atoms with Crippen LogP contribution in [0.3, 0.4) is 0 Å². The van der Waals surface area contributed by atoms with Gasteiger partial charge in [0.1, 0.15) is 6.61 Å². The molecule has 0 amide bonds. The maximum atomic E-state index is 5.91. The largest absolute Gasteiger partial charge is 0.475 e. The zero-order valence-electron chi connectivity index (χ0n) is 9.67. The molecule has 86 valence electrons. The van der Waals surface area contributed by atoms with Crippen molar-refractivity contribution in [2.75, 3.05) is 12.3 Å². The third-order valence-corrected chi connectivity index (χ3v) is 3.72. The molecular formula is C12H15IN2O. The first-order valence-corrected chi connectivity index (χ1v) is 6.26. The van der Waals surface area contributed by atoms with Gasteiger partial charge in [0.05, 0.1) is 11.1 Å². The van der Waals surface area contributed by atoms with Gasteiger partial charge in [0.2, 0.25) is 5.90 Å². The van der Waals surface area contributed by atoms with Gasteiger partial charge < -0.3 is 10.5 Å². The van der Waals surface area contributed by atoms with Crippen LogP contribution in [0.4, 0.5) is 5.69 Å². The van der Waals surface area contributed by atoms with Gasteiger partial charge in [-0.05, 0) is 55.0 Å². The predicted molar refractivity (Wildman–Crippen MR) is 74.9 cm³/mol. The van der Waals surface area contributed by atoms with Gasteiger partial charge in [0.25, 0.3) is 0 Å². The smallest absolute Gasteiger partial charge is 0.218 e. The number of ether oxygens (including phenoxy) is 1. The lowest BCUT2D eigenvalue weighted by molar-refractivity contribution is 0.279. The fraction of sp³-hybridized carbons (Fsp3) is 0.417. The van der Waals surface area contributed by atoms with Gasteiger partial charge in [-0.3, -0.25) is 0 Å². The van der Waals surface area contributed by atoms with Crippen LogP contribution in [0.5, 0.6) is 0 Å². The van der Waals surface area contributed by atoms with E-state index in [9.17, 15) is 0 Å². The molecule has 0 unspecified atom stereocenters. The van der Waals surface area contributed by atoms with E-state index in [1.54, 1.807) is 0 Å². The number of rotatable bonds is 1. The molecule has 1 aromatic rings. The molecule has 0 saturated heterocycles. The predicted octanol–water partition coefficient (Wildman–Crippen LogP) is 2.74. The normalized spacial score (nSPS) is 18.1. The Kier molecular flexibility index (Phi) is 2.86. The highest BCUT2D eigenvalue weighted by molar-refractivity contribution is 14.1. The fourth-order valence-corrected chi connectivity index (χ4v) is 2.50. The van der Waals surface area contributed by atoms with Crippen LogP contribution < -0.4 is 5.73 Å². The Morgan fingerprint density at radius 3 is 2.69 bits per heavy atom. The Hall–Kier alpha value is -0.780. The Bertz CT molecular complexity index is 466. The van der Waals surface area contributed by atoms with E-state index in [-0.39, 0.29) is 5.54 Å². The lowest BCUT2D eigenvalue weighted by Crippen LogP contribution is -2.17. The lowest BCUT2D eigenvalue weighted by atomic mass is 10.1. The third kappa shape index (κ3) is 2.03. The van der Waals surface area contributed by atoms with Crippen LogP contribution in [-0.4, -0.2) is 18.0 Å². The highest BCUT2D eigenvalue weighted by Gasteiger charge is 2.29. The van der Waals surface area contributed by atoms with E-state index in [0.717, 1.165) is 26.3 Å². The van der Waals surface area contributed by atoms with E-state index in [4.69, 9.17) is 10.5 Å². The molecule has 16 heavy (non-hydrogen) atoms. The summed E-state index contributed by atoms with van der Waals surface area (Å²) in [5.74, 6) is 0.721. The number of nitrogens with zero attached hydrogens (tertiary/aromatic N) is 1. The SMILES string of the molecule is Cc1ccc(N)c(I)c1C1=NC(C)(C)CO1. The van der Waals surface area contributed by atoms with Crippen molar-refractivity contribution in [2.45, 2.75) is 26.3 Å². The van der Waals surface area contributed by atoms with Crippen molar-refractivity contribution >= 4 is 34.2 Å². The van der Waals surface area contributed by atoms with E-state index in [2.05, 4.69) is 41.4 Å². The minimum Gasteiger partial charge on any atom is -0.475 e. The summed E-state index contributed by atoms with van der Waals surface area (Å²) >= 11 is 2.25. The highest BCUT2D eigenvalue weighted by atomic mass is 127. The molecular weight excluding hydrogens is 315 g/mol. The van der Waals surface area contributed by atoms with Gasteiger partial charge in [-0.1, -0.05) is 6.07 Å². The van der Waals surface area contributed by atoms with E-state index < -0.39 is 0 Å². The average Bonchev–Trinajstić information content (AvgIpc) is 2.53. The van der Waals surface area contributed by atoms with E-state index >= 15 is 0 Å². The number of nitrogen functional groups attached to an aromatic ring is 1. The Labute approximate surface area is 109 Å². The number of hydrogen-bond donors (Lipinski definition) is 1. The third-order valence-electron chi connectivity index (χ3n) is 2.56. The molecule has 2 N–H and O–H groups in total. The second kappa shape index (κ2) is 3.91. The van der Waals surface area contributed by atoms with Crippen LogP contribution in [0.1, 0.15) is 25.0 Å². The first kappa shape index (κ1) is 11.7. The summed E-state index contributed by atoms with van der Waals surface area (Å²) in [6, 6.07) is 3.92. The quantitative estimate of drug-likeness (QED) is 0.636. The topological polar surface area (TPSA) is 47.6 Å². The second-order valence-electron chi connectivity index (χ2n) is 4.68. The molecule has 0 fully saturated rings. The molecule has 0 atom stereocenters. The molecule has 2 rings (SSSR count). The van der Waals surface area contributed by atoms with Crippen molar-refractivity contribution in [3.05, 3.63) is 26.8 Å². The number of halogens is 1. The van der Waals surface area contributed by atoms with Crippen LogP contribution in [0.15, 0.2) is 17.1 Å². The lowest BCUT2D eigenvalue weighted by Gasteiger charge is -2.10. The molecule has 0 aliphatic carbocycles. The van der Waals surface area contributed by atoms with Crippen LogP contribution >= 0.6 is 22.6 Å². The number of anilines is 1. The maximum absolute atomic E-state index is 5.91. The van der Waals surface area contributed by atoms with Gasteiger partial charge in [0.15, 0.2) is 0 Å². The summed E-state index contributed by atoms with van der Waals surface area (Å²) in [7, 11) is 0. The molecule has 0 bridgehead atoms. The fourth-order valence-electron chi connectivity index (χ4n) is 1.66. The summed E-state index contributed by atoms with van der Waals surface area (Å²) in [5.41, 5.74) is 8.73. The summed E-state index contributed by atoms with van der Waals surface area (Å²) in [5, 5.41) is 0. The van der Waals surface area contributed by atoms with Gasteiger partial charge in [-0.2, -0.15) is 0 Å². The molecule has 3 nitrogen and oxygen atoms in total. The van der Waals surface area contributed by atoms with Crippen LogP contribution in [0, 0.1) is 10.5 Å². The first-order chi connectivity index (χ1) is 7.41. The summed E-state index contributed by atoms with van der Waals surface area (Å²) in [6.45, 7) is 6.81. The first-order valence-electron chi connectivity index (χ1n) is 5.18. The number of benzene rings is 1. The number of hydrogen-bond acceptors (Lipinski definition) is 3. The molecule has 0 aromatic heterocycles. The van der Waals surface area contributed by atoms with Crippen LogP contribution in [-0.2, 0) is 4.74 Å². The van der Waals surface area contributed by atoms with Gasteiger partial charge in [-0.15, -0.1) is 0 Å². The van der Waals surface area contributed by atoms with Crippen molar-refractivity contribution in [1.82, 2.24) is 0 Å². The highest BCUT2D eigenvalue weighted by Crippen LogP contribution is 2.28. The number of aliphatic imine (C=N–C) groups is 1. The van der Waals surface area contributed by atoms with Gasteiger partial charge >= 0.3 is 0 Å². The average molecular weight is 330 g/mol. The molecule has 1 aliphatic rings. The Balaban J connectivity index is 2.54.